The number of anilines is 1. The van der Waals surface area contributed by atoms with Crippen LogP contribution < -0.4 is 15.4 Å². The molecule has 96 valence electrons. The molecule has 6 nitrogen and oxygen atoms in total. The minimum Gasteiger partial charge on any atom is -0.478 e. The van der Waals surface area contributed by atoms with Gasteiger partial charge >= 0.3 is 5.97 Å². The highest BCUT2D eigenvalue weighted by molar-refractivity contribution is 5.99. The van der Waals surface area contributed by atoms with Gasteiger partial charge in [0, 0.05) is 0 Å². The Labute approximate surface area is 104 Å². The number of aliphatic carboxylic acids is 1. The van der Waals surface area contributed by atoms with Crippen molar-refractivity contribution in [2.45, 2.75) is 19.1 Å². The summed E-state index contributed by atoms with van der Waals surface area (Å²) in [6.07, 6.45) is -1.07. The third kappa shape index (κ3) is 2.14. The maximum absolute atomic E-state index is 12.0. The summed E-state index contributed by atoms with van der Waals surface area (Å²) in [5, 5.41) is 9.01. The van der Waals surface area contributed by atoms with Gasteiger partial charge < -0.3 is 20.5 Å². The third-order valence-corrected chi connectivity index (χ3v) is 2.70. The van der Waals surface area contributed by atoms with E-state index in [1.165, 1.54) is 4.90 Å². The largest absolute Gasteiger partial charge is 0.478 e. The Morgan fingerprint density at radius 2 is 2.17 bits per heavy atom. The van der Waals surface area contributed by atoms with Crippen LogP contribution in [0.15, 0.2) is 24.3 Å². The fraction of sp³-hybridized carbons (Fsp3) is 0.333. The lowest BCUT2D eigenvalue weighted by atomic mass is 10.1. The van der Waals surface area contributed by atoms with E-state index >= 15 is 0 Å². The van der Waals surface area contributed by atoms with Gasteiger partial charge in [-0.15, -0.1) is 0 Å². The van der Waals surface area contributed by atoms with E-state index in [1.54, 1.807) is 31.2 Å². The van der Waals surface area contributed by atoms with Gasteiger partial charge in [-0.1, -0.05) is 12.1 Å². The molecule has 1 aromatic carbocycles. The molecule has 0 radical (unpaired) electrons. The van der Waals surface area contributed by atoms with E-state index in [1.807, 2.05) is 0 Å². The Kier molecular flexibility index (Phi) is 3.20. The van der Waals surface area contributed by atoms with Crippen molar-refractivity contribution in [1.29, 1.82) is 0 Å². The average Bonchev–Trinajstić information content (AvgIpc) is 2.36. The number of nitrogens with zero attached hydrogens (tertiary/aromatic N) is 1. The summed E-state index contributed by atoms with van der Waals surface area (Å²) in [5.41, 5.74) is 6.12. The van der Waals surface area contributed by atoms with E-state index in [-0.39, 0.29) is 12.5 Å². The molecule has 0 fully saturated rings. The molecule has 0 aromatic heterocycles. The normalized spacial score (nSPS) is 19.7. The first-order chi connectivity index (χ1) is 8.50. The van der Waals surface area contributed by atoms with E-state index in [0.29, 0.717) is 11.4 Å². The molecular weight excluding hydrogens is 236 g/mol. The molecule has 0 aliphatic carbocycles. The third-order valence-electron chi connectivity index (χ3n) is 2.70. The van der Waals surface area contributed by atoms with Crippen LogP contribution in [0.4, 0.5) is 5.69 Å². The van der Waals surface area contributed by atoms with Crippen LogP contribution in [-0.2, 0) is 9.59 Å². The number of amides is 1. The van der Waals surface area contributed by atoms with Crippen LogP contribution in [-0.4, -0.2) is 35.7 Å². The molecule has 1 aliphatic rings. The fourth-order valence-electron chi connectivity index (χ4n) is 1.82. The number of nitrogens with two attached hydrogens (primary N) is 1. The van der Waals surface area contributed by atoms with Crippen LogP contribution in [0, 0.1) is 0 Å². The van der Waals surface area contributed by atoms with Crippen LogP contribution in [0.2, 0.25) is 0 Å². The standard InChI is InChI=1S/C12H14N2O4/c1-7(13)11(15)14-6-10(12(16)17)18-9-5-3-2-4-8(9)14/h2-5,7,10H,6,13H2,1H3,(H,16,17)/t7-,10?/m1/s1. The fourth-order valence-corrected chi connectivity index (χ4v) is 1.82. The topological polar surface area (TPSA) is 92.9 Å². The second-order valence-electron chi connectivity index (χ2n) is 4.15. The Morgan fingerprint density at radius 1 is 1.50 bits per heavy atom. The SMILES string of the molecule is C[C@@H](N)C(=O)N1CC(C(=O)O)Oc2ccccc21. The Morgan fingerprint density at radius 3 is 2.78 bits per heavy atom. The predicted molar refractivity (Wildman–Crippen MR) is 64.5 cm³/mol. The van der Waals surface area contributed by atoms with Crippen molar-refractivity contribution in [3.05, 3.63) is 24.3 Å². The lowest BCUT2D eigenvalue weighted by Gasteiger charge is -2.33. The predicted octanol–water partition coefficient (Wildman–Crippen LogP) is 0.212. The summed E-state index contributed by atoms with van der Waals surface area (Å²) in [4.78, 5) is 24.4. The quantitative estimate of drug-likeness (QED) is 0.782. The smallest absolute Gasteiger partial charge is 0.346 e. The number of carboxylic acid groups (broad SMARTS) is 1. The van der Waals surface area contributed by atoms with E-state index in [2.05, 4.69) is 0 Å². The second-order valence-corrected chi connectivity index (χ2v) is 4.15. The van der Waals surface area contributed by atoms with Gasteiger partial charge in [-0.3, -0.25) is 4.79 Å². The second kappa shape index (κ2) is 4.66. The van der Waals surface area contributed by atoms with E-state index in [9.17, 15) is 9.59 Å². The van der Waals surface area contributed by atoms with Crippen molar-refractivity contribution in [1.82, 2.24) is 0 Å². The zero-order valence-electron chi connectivity index (χ0n) is 9.87. The molecule has 2 atom stereocenters. The average molecular weight is 250 g/mol. The first-order valence-electron chi connectivity index (χ1n) is 5.56. The Bertz CT molecular complexity index is 487. The monoisotopic (exact) mass is 250 g/mol. The molecule has 2 rings (SSSR count). The van der Waals surface area contributed by atoms with Gasteiger partial charge in [-0.2, -0.15) is 0 Å². The maximum Gasteiger partial charge on any atom is 0.346 e. The molecule has 18 heavy (non-hydrogen) atoms. The summed E-state index contributed by atoms with van der Waals surface area (Å²) in [5.74, 6) is -1.05. The van der Waals surface area contributed by atoms with Gasteiger partial charge in [0.15, 0.2) is 0 Å². The number of para-hydroxylation sites is 2. The zero-order valence-corrected chi connectivity index (χ0v) is 9.87. The van der Waals surface area contributed by atoms with Gasteiger partial charge in [-0.05, 0) is 19.1 Å². The number of hydrogen-bond acceptors (Lipinski definition) is 4. The van der Waals surface area contributed by atoms with Crippen LogP contribution in [0.3, 0.4) is 0 Å². The zero-order chi connectivity index (χ0) is 13.3. The highest BCUT2D eigenvalue weighted by atomic mass is 16.5. The van der Waals surface area contributed by atoms with Crippen LogP contribution in [0.1, 0.15) is 6.92 Å². The summed E-state index contributed by atoms with van der Waals surface area (Å²) >= 11 is 0. The van der Waals surface area contributed by atoms with Gasteiger partial charge in [0.05, 0.1) is 18.3 Å². The van der Waals surface area contributed by atoms with Gasteiger partial charge in [0.1, 0.15) is 5.75 Å². The highest BCUT2D eigenvalue weighted by Crippen LogP contribution is 2.33. The number of benzene rings is 1. The van der Waals surface area contributed by atoms with Crippen LogP contribution in [0.5, 0.6) is 5.75 Å². The molecule has 1 aromatic rings. The van der Waals surface area contributed by atoms with Crippen LogP contribution >= 0.6 is 0 Å². The molecule has 1 unspecified atom stereocenters. The molecule has 0 bridgehead atoms. The Hall–Kier alpha value is -2.08. The van der Waals surface area contributed by atoms with Gasteiger partial charge in [0.2, 0.25) is 12.0 Å². The van der Waals surface area contributed by atoms with Crippen molar-refractivity contribution in [2.24, 2.45) is 5.73 Å². The van der Waals surface area contributed by atoms with Crippen LogP contribution in [0.25, 0.3) is 0 Å². The number of carbonyl (C=O) groups is 2. The number of hydrogen-bond donors (Lipinski definition) is 2. The minimum absolute atomic E-state index is 0.0350. The molecule has 1 amide bonds. The summed E-state index contributed by atoms with van der Waals surface area (Å²) in [6.45, 7) is 1.53. The summed E-state index contributed by atoms with van der Waals surface area (Å²) < 4.78 is 5.32. The maximum atomic E-state index is 12.0. The number of ether oxygens (including phenoxy) is 1. The highest BCUT2D eigenvalue weighted by Gasteiger charge is 2.34. The number of fused-ring (bicyclic) bond motifs is 1. The molecular formula is C12H14N2O4. The Balaban J connectivity index is 2.39. The van der Waals surface area contributed by atoms with Gasteiger partial charge in [0.25, 0.3) is 0 Å². The number of rotatable bonds is 2. The molecule has 1 aliphatic heterocycles. The van der Waals surface area contributed by atoms with Crippen molar-refractivity contribution >= 4 is 17.6 Å². The molecule has 1 heterocycles. The van der Waals surface area contributed by atoms with Crippen molar-refractivity contribution in [3.63, 3.8) is 0 Å². The van der Waals surface area contributed by atoms with Crippen molar-refractivity contribution in [2.75, 3.05) is 11.4 Å². The first kappa shape index (κ1) is 12.4. The minimum atomic E-state index is -1.10. The molecule has 3 N–H and O–H groups in total. The summed E-state index contributed by atoms with van der Waals surface area (Å²) in [7, 11) is 0. The van der Waals surface area contributed by atoms with Crippen molar-refractivity contribution in [3.8, 4) is 5.75 Å². The molecule has 6 heteroatoms. The summed E-state index contributed by atoms with van der Waals surface area (Å²) in [6, 6.07) is 6.12. The lowest BCUT2D eigenvalue weighted by Crippen LogP contribution is -2.51. The number of carbonyl (C=O) groups excluding carboxylic acids is 1. The van der Waals surface area contributed by atoms with Crippen molar-refractivity contribution < 1.29 is 19.4 Å². The number of carboxylic acids is 1. The molecule has 0 saturated carbocycles. The molecule has 0 spiro atoms. The van der Waals surface area contributed by atoms with E-state index in [0.717, 1.165) is 0 Å². The van der Waals surface area contributed by atoms with E-state index < -0.39 is 18.1 Å². The molecule has 0 saturated heterocycles. The lowest BCUT2D eigenvalue weighted by molar-refractivity contribution is -0.145. The van der Waals surface area contributed by atoms with E-state index in [4.69, 9.17) is 15.6 Å². The first-order valence-corrected chi connectivity index (χ1v) is 5.56. The van der Waals surface area contributed by atoms with Gasteiger partial charge in [-0.25, -0.2) is 4.79 Å².